The quantitative estimate of drug-likeness (QED) is 0.301. The van der Waals surface area contributed by atoms with E-state index in [0.717, 1.165) is 4.90 Å². The number of aliphatic hydroxyl groups is 1. The maximum atomic E-state index is 11.8. The van der Waals surface area contributed by atoms with Crippen molar-refractivity contribution in [2.45, 2.75) is 6.43 Å². The molecule has 72 valence electrons. The van der Waals surface area contributed by atoms with Crippen molar-refractivity contribution in [3.63, 3.8) is 0 Å². The van der Waals surface area contributed by atoms with Crippen molar-refractivity contribution in [1.29, 1.82) is 0 Å². The van der Waals surface area contributed by atoms with Gasteiger partial charge in [-0.05, 0) is 0 Å². The Kier molecular flexibility index (Phi) is 5.22. The SMILES string of the molecule is NNC(=O)N(CCO)CC(F)F. The zero-order chi connectivity index (χ0) is 9.56. The Morgan fingerprint density at radius 2 is 2.25 bits per heavy atom. The number of amides is 2. The molecule has 0 aromatic carbocycles. The number of carbonyl (C=O) groups excluding carboxylic acids is 1. The van der Waals surface area contributed by atoms with Gasteiger partial charge in [0.2, 0.25) is 0 Å². The number of hydrogen-bond acceptors (Lipinski definition) is 3. The Morgan fingerprint density at radius 1 is 1.67 bits per heavy atom. The van der Waals surface area contributed by atoms with Crippen LogP contribution in [0.2, 0.25) is 0 Å². The van der Waals surface area contributed by atoms with Gasteiger partial charge in [-0.15, -0.1) is 0 Å². The van der Waals surface area contributed by atoms with Crippen molar-refractivity contribution in [2.24, 2.45) is 5.84 Å². The molecular weight excluding hydrogens is 172 g/mol. The van der Waals surface area contributed by atoms with Gasteiger partial charge in [0.1, 0.15) is 0 Å². The van der Waals surface area contributed by atoms with Gasteiger partial charge in [0.15, 0.2) is 0 Å². The molecule has 0 spiro atoms. The molecule has 4 N–H and O–H groups in total. The van der Waals surface area contributed by atoms with Gasteiger partial charge in [0, 0.05) is 6.54 Å². The summed E-state index contributed by atoms with van der Waals surface area (Å²) in [5, 5.41) is 8.39. The van der Waals surface area contributed by atoms with Gasteiger partial charge in [-0.25, -0.2) is 19.4 Å². The first-order valence-electron chi connectivity index (χ1n) is 3.26. The molecule has 0 unspecified atom stereocenters. The second-order valence-corrected chi connectivity index (χ2v) is 2.01. The van der Waals surface area contributed by atoms with Crippen molar-refractivity contribution >= 4 is 6.03 Å². The second-order valence-electron chi connectivity index (χ2n) is 2.01. The number of hydrogen-bond donors (Lipinski definition) is 3. The summed E-state index contributed by atoms with van der Waals surface area (Å²) < 4.78 is 23.5. The average molecular weight is 183 g/mol. The van der Waals surface area contributed by atoms with Crippen LogP contribution in [0.1, 0.15) is 0 Å². The first-order chi connectivity index (χ1) is 5.61. The summed E-state index contributed by atoms with van der Waals surface area (Å²) in [4.78, 5) is 11.4. The Bertz CT molecular complexity index is 145. The molecule has 0 atom stereocenters. The number of urea groups is 1. The molecule has 0 fully saturated rings. The third kappa shape index (κ3) is 4.04. The Labute approximate surface area is 68.1 Å². The monoisotopic (exact) mass is 183 g/mol. The van der Waals surface area contributed by atoms with Crippen LogP contribution in [0.5, 0.6) is 0 Å². The number of nitrogens with zero attached hydrogens (tertiary/aromatic N) is 1. The number of rotatable bonds is 4. The van der Waals surface area contributed by atoms with E-state index in [1.54, 1.807) is 5.43 Å². The summed E-state index contributed by atoms with van der Waals surface area (Å²) in [7, 11) is 0. The molecule has 0 aliphatic heterocycles. The lowest BCUT2D eigenvalue weighted by atomic mass is 10.5. The number of halogens is 2. The van der Waals surface area contributed by atoms with Gasteiger partial charge in [0.05, 0.1) is 13.2 Å². The van der Waals surface area contributed by atoms with Gasteiger partial charge in [-0.2, -0.15) is 0 Å². The number of nitrogens with two attached hydrogens (primary N) is 1. The van der Waals surface area contributed by atoms with Gasteiger partial charge >= 0.3 is 6.03 Å². The predicted octanol–water partition coefficient (Wildman–Crippen LogP) is -0.871. The minimum absolute atomic E-state index is 0.159. The molecule has 0 saturated heterocycles. The molecule has 7 heteroatoms. The van der Waals surface area contributed by atoms with Crippen LogP contribution in [0.25, 0.3) is 0 Å². The first kappa shape index (κ1) is 11.1. The Morgan fingerprint density at radius 3 is 2.58 bits per heavy atom. The van der Waals surface area contributed by atoms with Gasteiger partial charge in [-0.1, -0.05) is 0 Å². The van der Waals surface area contributed by atoms with Crippen molar-refractivity contribution < 1.29 is 18.7 Å². The Hall–Kier alpha value is -0.950. The topological polar surface area (TPSA) is 78.6 Å². The van der Waals surface area contributed by atoms with Crippen LogP contribution in [-0.4, -0.2) is 42.2 Å². The molecule has 0 aromatic rings. The number of aliphatic hydroxyl groups excluding tert-OH is 1. The smallest absolute Gasteiger partial charge is 0.331 e. The third-order valence-corrected chi connectivity index (χ3v) is 1.14. The van der Waals surface area contributed by atoms with Crippen molar-refractivity contribution in [2.75, 3.05) is 19.7 Å². The maximum Gasteiger partial charge on any atom is 0.331 e. The van der Waals surface area contributed by atoms with E-state index in [9.17, 15) is 13.6 Å². The van der Waals surface area contributed by atoms with E-state index >= 15 is 0 Å². The summed E-state index contributed by atoms with van der Waals surface area (Å²) in [5.41, 5.74) is 1.70. The predicted molar refractivity (Wildman–Crippen MR) is 37.4 cm³/mol. The molecule has 0 radical (unpaired) electrons. The highest BCUT2D eigenvalue weighted by atomic mass is 19.3. The summed E-state index contributed by atoms with van der Waals surface area (Å²) in [6, 6.07) is -0.829. The maximum absolute atomic E-state index is 11.8. The molecule has 12 heavy (non-hydrogen) atoms. The number of alkyl halides is 2. The van der Waals surface area contributed by atoms with E-state index in [1.165, 1.54) is 0 Å². The van der Waals surface area contributed by atoms with Crippen molar-refractivity contribution in [3.05, 3.63) is 0 Å². The van der Waals surface area contributed by atoms with Crippen LogP contribution in [0.15, 0.2) is 0 Å². The van der Waals surface area contributed by atoms with Crippen LogP contribution in [-0.2, 0) is 0 Å². The minimum Gasteiger partial charge on any atom is -0.395 e. The van der Waals surface area contributed by atoms with E-state index in [1.807, 2.05) is 0 Å². The van der Waals surface area contributed by atoms with Crippen LogP contribution < -0.4 is 11.3 Å². The van der Waals surface area contributed by atoms with Crippen LogP contribution in [0.3, 0.4) is 0 Å². The zero-order valence-corrected chi connectivity index (χ0v) is 6.33. The first-order valence-corrected chi connectivity index (χ1v) is 3.26. The van der Waals surface area contributed by atoms with Gasteiger partial charge < -0.3 is 10.0 Å². The van der Waals surface area contributed by atoms with Crippen LogP contribution >= 0.6 is 0 Å². The molecule has 0 aliphatic carbocycles. The van der Waals surface area contributed by atoms with E-state index in [4.69, 9.17) is 10.9 Å². The number of nitrogens with one attached hydrogen (secondary N) is 1. The lowest BCUT2D eigenvalue weighted by Crippen LogP contribution is -2.46. The molecule has 0 aliphatic rings. The lowest BCUT2D eigenvalue weighted by Gasteiger charge is -2.19. The highest BCUT2D eigenvalue weighted by Gasteiger charge is 2.15. The second kappa shape index (κ2) is 5.67. The zero-order valence-electron chi connectivity index (χ0n) is 6.33. The molecule has 0 rings (SSSR count). The van der Waals surface area contributed by atoms with E-state index < -0.39 is 19.0 Å². The van der Waals surface area contributed by atoms with E-state index in [0.29, 0.717) is 0 Å². The summed E-state index contributed by atoms with van der Waals surface area (Å²) in [6.07, 6.45) is -2.63. The highest BCUT2D eigenvalue weighted by Crippen LogP contribution is 1.97. The minimum atomic E-state index is -2.63. The molecule has 2 amide bonds. The molecule has 0 aromatic heterocycles. The normalized spacial score (nSPS) is 10.1. The molecule has 0 saturated carbocycles. The third-order valence-electron chi connectivity index (χ3n) is 1.14. The summed E-state index contributed by atoms with van der Waals surface area (Å²) in [5.74, 6) is 4.71. The summed E-state index contributed by atoms with van der Waals surface area (Å²) in [6.45, 7) is -1.27. The fourth-order valence-electron chi connectivity index (χ4n) is 0.654. The number of carbonyl (C=O) groups is 1. The summed E-state index contributed by atoms with van der Waals surface area (Å²) >= 11 is 0. The standard InChI is InChI=1S/C5H11F2N3O2/c6-4(7)3-10(1-2-11)5(12)9-8/h4,11H,1-3,8H2,(H,9,12). The van der Waals surface area contributed by atoms with Gasteiger partial charge in [0.25, 0.3) is 6.43 Å². The lowest BCUT2D eigenvalue weighted by molar-refractivity contribution is 0.0904. The molecule has 5 nitrogen and oxygen atoms in total. The Balaban J connectivity index is 3.94. The average Bonchev–Trinajstić information content (AvgIpc) is 2.01. The largest absolute Gasteiger partial charge is 0.395 e. The fraction of sp³-hybridized carbons (Fsp3) is 0.800. The highest BCUT2D eigenvalue weighted by molar-refractivity contribution is 5.73. The van der Waals surface area contributed by atoms with Crippen LogP contribution in [0.4, 0.5) is 13.6 Å². The van der Waals surface area contributed by atoms with Gasteiger partial charge in [-0.3, -0.25) is 5.43 Å². The van der Waals surface area contributed by atoms with E-state index in [-0.39, 0.29) is 13.2 Å². The fourth-order valence-corrected chi connectivity index (χ4v) is 0.654. The molecule has 0 bridgehead atoms. The molecular formula is C5H11F2N3O2. The van der Waals surface area contributed by atoms with Crippen molar-refractivity contribution in [1.82, 2.24) is 10.3 Å². The van der Waals surface area contributed by atoms with Crippen molar-refractivity contribution in [3.8, 4) is 0 Å². The number of hydrazine groups is 1. The molecule has 0 heterocycles. The van der Waals surface area contributed by atoms with Crippen LogP contribution in [0, 0.1) is 0 Å². The van der Waals surface area contributed by atoms with E-state index in [2.05, 4.69) is 0 Å².